The molecule has 4 nitrogen and oxygen atoms in total. The van der Waals surface area contributed by atoms with Crippen LogP contribution in [0.1, 0.15) is 5.56 Å². The van der Waals surface area contributed by atoms with Gasteiger partial charge < -0.3 is 5.73 Å². The minimum Gasteiger partial charge on any atom is -0.330 e. The van der Waals surface area contributed by atoms with Crippen LogP contribution in [0.15, 0.2) is 32.0 Å². The molecule has 17 heavy (non-hydrogen) atoms. The third-order valence-electron chi connectivity index (χ3n) is 2.01. The summed E-state index contributed by atoms with van der Waals surface area (Å²) in [6, 6.07) is 3.99. The Balaban J connectivity index is 2.17. The Morgan fingerprint density at radius 3 is 2.88 bits per heavy atom. The molecule has 0 aliphatic rings. The number of aromatic nitrogens is 3. The average Bonchev–Trinajstić information content (AvgIpc) is 2.80. The Labute approximate surface area is 112 Å². The highest BCUT2D eigenvalue weighted by molar-refractivity contribution is 8.03. The summed E-state index contributed by atoms with van der Waals surface area (Å²) in [6.07, 6.45) is 4.62. The van der Waals surface area contributed by atoms with Gasteiger partial charge in [0, 0.05) is 6.20 Å². The zero-order valence-electron chi connectivity index (χ0n) is 9.29. The summed E-state index contributed by atoms with van der Waals surface area (Å²) < 4.78 is 1.90. The summed E-state index contributed by atoms with van der Waals surface area (Å²) in [5, 5.41) is 9.16. The first-order valence-electron chi connectivity index (χ1n) is 5.03. The van der Waals surface area contributed by atoms with Crippen molar-refractivity contribution >= 4 is 34.9 Å². The van der Waals surface area contributed by atoms with Gasteiger partial charge in [0.25, 0.3) is 0 Å². The van der Waals surface area contributed by atoms with Gasteiger partial charge in [0.15, 0.2) is 8.68 Å². The lowest BCUT2D eigenvalue weighted by molar-refractivity contribution is 0.907. The molecule has 2 aromatic heterocycles. The van der Waals surface area contributed by atoms with E-state index in [1.165, 1.54) is 5.56 Å². The first-order chi connectivity index (χ1) is 8.33. The SMILES string of the molecule is CSc1nnc(Sc2ncccc2CCN)s1. The quantitative estimate of drug-likeness (QED) is 0.850. The molecule has 90 valence electrons. The first-order valence-corrected chi connectivity index (χ1v) is 7.88. The number of pyridine rings is 1. The van der Waals surface area contributed by atoms with Crippen LogP contribution in [0.2, 0.25) is 0 Å². The Morgan fingerprint density at radius 1 is 1.35 bits per heavy atom. The Kier molecular flexibility index (Phi) is 4.78. The largest absolute Gasteiger partial charge is 0.330 e. The molecule has 0 unspecified atom stereocenters. The number of thioether (sulfide) groups is 1. The van der Waals surface area contributed by atoms with E-state index in [-0.39, 0.29) is 0 Å². The lowest BCUT2D eigenvalue weighted by Gasteiger charge is -2.03. The van der Waals surface area contributed by atoms with Gasteiger partial charge in [0.05, 0.1) is 0 Å². The summed E-state index contributed by atoms with van der Waals surface area (Å²) in [5.74, 6) is 0. The van der Waals surface area contributed by atoms with Crippen LogP contribution in [0.5, 0.6) is 0 Å². The number of nitrogens with two attached hydrogens (primary N) is 1. The fourth-order valence-corrected chi connectivity index (χ4v) is 3.73. The number of nitrogens with zero attached hydrogens (tertiary/aromatic N) is 3. The number of hydrogen-bond acceptors (Lipinski definition) is 7. The van der Waals surface area contributed by atoms with Crippen LogP contribution in [-0.2, 0) is 6.42 Å². The minimum absolute atomic E-state index is 0.630. The summed E-state index contributed by atoms with van der Waals surface area (Å²) in [4.78, 5) is 4.37. The molecular formula is C10H12N4S3. The van der Waals surface area contributed by atoms with Crippen LogP contribution in [0.25, 0.3) is 0 Å². The standard InChI is InChI=1S/C10H12N4S3/c1-15-9-13-14-10(17-9)16-8-7(4-5-11)3-2-6-12-8/h2-3,6H,4-5,11H2,1H3. The van der Waals surface area contributed by atoms with Gasteiger partial charge in [-0.1, -0.05) is 29.2 Å². The van der Waals surface area contributed by atoms with Crippen molar-refractivity contribution in [1.29, 1.82) is 0 Å². The van der Waals surface area contributed by atoms with E-state index in [9.17, 15) is 0 Å². The summed E-state index contributed by atoms with van der Waals surface area (Å²) in [6.45, 7) is 0.630. The fraction of sp³-hybridized carbons (Fsp3) is 0.300. The normalized spacial score (nSPS) is 10.7. The van der Waals surface area contributed by atoms with Crippen molar-refractivity contribution in [2.75, 3.05) is 12.8 Å². The maximum Gasteiger partial charge on any atom is 0.181 e. The molecule has 0 amide bonds. The molecule has 0 aromatic carbocycles. The highest BCUT2D eigenvalue weighted by atomic mass is 32.2. The van der Waals surface area contributed by atoms with Crippen molar-refractivity contribution in [2.45, 2.75) is 20.1 Å². The summed E-state index contributed by atoms with van der Waals surface area (Å²) in [5.41, 5.74) is 6.75. The molecule has 2 aromatic rings. The monoisotopic (exact) mass is 284 g/mol. The Bertz CT molecular complexity index is 486. The lowest BCUT2D eigenvalue weighted by Crippen LogP contribution is -2.04. The van der Waals surface area contributed by atoms with Gasteiger partial charge in [0.1, 0.15) is 5.03 Å². The average molecular weight is 284 g/mol. The van der Waals surface area contributed by atoms with Crippen LogP contribution in [0.3, 0.4) is 0 Å². The van der Waals surface area contributed by atoms with Crippen LogP contribution < -0.4 is 5.73 Å². The van der Waals surface area contributed by atoms with Gasteiger partial charge in [-0.2, -0.15) is 0 Å². The van der Waals surface area contributed by atoms with Crippen molar-refractivity contribution in [3.8, 4) is 0 Å². The van der Waals surface area contributed by atoms with E-state index in [0.29, 0.717) is 6.54 Å². The van der Waals surface area contributed by atoms with Crippen molar-refractivity contribution in [3.63, 3.8) is 0 Å². The molecule has 0 atom stereocenters. The van der Waals surface area contributed by atoms with Crippen LogP contribution >= 0.6 is 34.9 Å². The second-order valence-corrected chi connectivity index (χ2v) is 6.41. The van der Waals surface area contributed by atoms with Crippen molar-refractivity contribution in [3.05, 3.63) is 23.9 Å². The molecular weight excluding hydrogens is 272 g/mol. The van der Waals surface area contributed by atoms with Crippen molar-refractivity contribution < 1.29 is 0 Å². The van der Waals surface area contributed by atoms with Crippen LogP contribution in [-0.4, -0.2) is 28.0 Å². The Morgan fingerprint density at radius 2 is 2.18 bits per heavy atom. The molecule has 0 aliphatic heterocycles. The number of rotatable bonds is 5. The minimum atomic E-state index is 0.630. The van der Waals surface area contributed by atoms with E-state index < -0.39 is 0 Å². The second-order valence-electron chi connectivity index (χ2n) is 3.15. The van der Waals surface area contributed by atoms with Crippen LogP contribution in [0.4, 0.5) is 0 Å². The summed E-state index contributed by atoms with van der Waals surface area (Å²) in [7, 11) is 0. The molecule has 0 aliphatic carbocycles. The van der Waals surface area contributed by atoms with E-state index in [1.807, 2.05) is 12.3 Å². The lowest BCUT2D eigenvalue weighted by atomic mass is 10.2. The van der Waals surface area contributed by atoms with Gasteiger partial charge in [0.2, 0.25) is 0 Å². The van der Waals surface area contributed by atoms with Crippen LogP contribution in [0, 0.1) is 0 Å². The van der Waals surface area contributed by atoms with E-state index >= 15 is 0 Å². The van der Waals surface area contributed by atoms with Crippen molar-refractivity contribution in [2.24, 2.45) is 5.73 Å². The van der Waals surface area contributed by atoms with E-state index in [4.69, 9.17) is 5.73 Å². The molecule has 2 N–H and O–H groups in total. The zero-order valence-corrected chi connectivity index (χ0v) is 11.7. The molecule has 0 saturated carbocycles. The number of hydrogen-bond donors (Lipinski definition) is 1. The molecule has 0 radical (unpaired) electrons. The molecule has 0 saturated heterocycles. The predicted molar refractivity (Wildman–Crippen MR) is 72.8 cm³/mol. The Hall–Kier alpha value is -0.630. The molecule has 0 fully saturated rings. The molecule has 0 bridgehead atoms. The smallest absolute Gasteiger partial charge is 0.181 e. The van der Waals surface area contributed by atoms with Gasteiger partial charge in [-0.05, 0) is 42.6 Å². The zero-order chi connectivity index (χ0) is 12.1. The predicted octanol–water partition coefficient (Wildman–Crippen LogP) is 2.31. The van der Waals surface area contributed by atoms with Gasteiger partial charge >= 0.3 is 0 Å². The van der Waals surface area contributed by atoms with Gasteiger partial charge in [-0.3, -0.25) is 0 Å². The highest BCUT2D eigenvalue weighted by Gasteiger charge is 2.09. The highest BCUT2D eigenvalue weighted by Crippen LogP contribution is 2.33. The van der Waals surface area contributed by atoms with Gasteiger partial charge in [-0.25, -0.2) is 4.98 Å². The maximum absolute atomic E-state index is 5.58. The van der Waals surface area contributed by atoms with Crippen molar-refractivity contribution in [1.82, 2.24) is 15.2 Å². The maximum atomic E-state index is 5.58. The van der Waals surface area contributed by atoms with Gasteiger partial charge in [-0.15, -0.1) is 10.2 Å². The third-order valence-corrected chi connectivity index (χ3v) is 5.02. The first kappa shape index (κ1) is 12.8. The molecule has 2 rings (SSSR count). The van der Waals surface area contributed by atoms with E-state index in [0.717, 1.165) is 20.1 Å². The molecule has 2 heterocycles. The van der Waals surface area contributed by atoms with E-state index in [2.05, 4.69) is 21.2 Å². The fourth-order valence-electron chi connectivity index (χ4n) is 1.27. The molecule has 7 heteroatoms. The second kappa shape index (κ2) is 6.34. The topological polar surface area (TPSA) is 64.7 Å². The summed E-state index contributed by atoms with van der Waals surface area (Å²) >= 11 is 4.75. The van der Waals surface area contributed by atoms with E-state index in [1.54, 1.807) is 41.1 Å². The molecule has 0 spiro atoms. The third kappa shape index (κ3) is 3.41.